The SMILES string of the molecule is Cc1ccc(-c2cc(NC(=O)COC(=O)C34C[C@@H]5C[C@@H](CC(O)(C5)C3)C4)on2)cc1. The van der Waals surface area contributed by atoms with Gasteiger partial charge in [-0.05, 0) is 57.3 Å². The van der Waals surface area contributed by atoms with E-state index in [1.807, 2.05) is 31.2 Å². The number of nitrogens with zero attached hydrogens (tertiary/aromatic N) is 1. The summed E-state index contributed by atoms with van der Waals surface area (Å²) in [6, 6.07) is 9.45. The highest BCUT2D eigenvalue weighted by Gasteiger charge is 2.60. The van der Waals surface area contributed by atoms with Crippen molar-refractivity contribution >= 4 is 17.8 Å². The second-order valence-electron chi connectivity index (χ2n) is 9.53. The quantitative estimate of drug-likeness (QED) is 0.732. The van der Waals surface area contributed by atoms with E-state index < -0.39 is 16.9 Å². The summed E-state index contributed by atoms with van der Waals surface area (Å²) < 4.78 is 10.6. The number of esters is 1. The van der Waals surface area contributed by atoms with Gasteiger partial charge in [0.2, 0.25) is 5.88 Å². The minimum absolute atomic E-state index is 0.204. The van der Waals surface area contributed by atoms with Crippen LogP contribution in [0.5, 0.6) is 0 Å². The van der Waals surface area contributed by atoms with Crippen LogP contribution in [0.25, 0.3) is 11.3 Å². The summed E-state index contributed by atoms with van der Waals surface area (Å²) in [4.78, 5) is 25.1. The first-order chi connectivity index (χ1) is 14.3. The molecule has 0 radical (unpaired) electrons. The minimum Gasteiger partial charge on any atom is -0.455 e. The molecule has 7 heteroatoms. The molecule has 4 bridgehead atoms. The van der Waals surface area contributed by atoms with Crippen molar-refractivity contribution in [3.05, 3.63) is 35.9 Å². The van der Waals surface area contributed by atoms with Crippen molar-refractivity contribution in [2.45, 2.75) is 51.0 Å². The molecule has 0 spiro atoms. The zero-order chi connectivity index (χ0) is 20.9. The highest BCUT2D eigenvalue weighted by atomic mass is 16.5. The van der Waals surface area contributed by atoms with Gasteiger partial charge >= 0.3 is 5.97 Å². The Morgan fingerprint density at radius 1 is 1.20 bits per heavy atom. The number of amides is 1. The fourth-order valence-electron chi connectivity index (χ4n) is 6.11. The second kappa shape index (κ2) is 6.94. The van der Waals surface area contributed by atoms with Gasteiger partial charge in [0.15, 0.2) is 6.61 Å². The van der Waals surface area contributed by atoms with E-state index in [-0.39, 0.29) is 18.5 Å². The van der Waals surface area contributed by atoms with E-state index in [1.54, 1.807) is 6.07 Å². The fraction of sp³-hybridized carbons (Fsp3) is 0.522. The second-order valence-corrected chi connectivity index (χ2v) is 9.53. The Morgan fingerprint density at radius 2 is 1.90 bits per heavy atom. The third-order valence-electron chi connectivity index (χ3n) is 6.92. The third-order valence-corrected chi connectivity index (χ3v) is 6.92. The number of aryl methyl sites for hydroxylation is 1. The van der Waals surface area contributed by atoms with Gasteiger partial charge in [0.1, 0.15) is 5.69 Å². The molecule has 4 atom stereocenters. The standard InChI is InChI=1S/C23H26N2O5/c1-14-2-4-17(5-3-14)18-7-20(30-25-18)24-19(26)12-29-21(27)22-8-15-6-16(9-22)11-23(28,10-15)13-22/h2-5,7,15-16,28H,6,8-13H2,1H3,(H,24,26)/t15-,16+,22?,23?. The van der Waals surface area contributed by atoms with Crippen molar-refractivity contribution in [1.82, 2.24) is 5.16 Å². The molecule has 1 amide bonds. The Morgan fingerprint density at radius 3 is 2.57 bits per heavy atom. The Hall–Kier alpha value is -2.67. The van der Waals surface area contributed by atoms with Gasteiger partial charge < -0.3 is 14.4 Å². The lowest BCUT2D eigenvalue weighted by atomic mass is 9.48. The van der Waals surface area contributed by atoms with Crippen molar-refractivity contribution < 1.29 is 24.0 Å². The van der Waals surface area contributed by atoms with Crippen LogP contribution in [0.1, 0.15) is 44.1 Å². The topological polar surface area (TPSA) is 102 Å². The van der Waals surface area contributed by atoms with E-state index in [0.29, 0.717) is 24.0 Å². The Kier molecular flexibility index (Phi) is 4.47. The molecule has 2 aromatic rings. The van der Waals surface area contributed by atoms with E-state index in [9.17, 15) is 14.7 Å². The zero-order valence-electron chi connectivity index (χ0n) is 17.0. The number of aromatic nitrogens is 1. The van der Waals surface area contributed by atoms with Gasteiger partial charge in [-0.15, -0.1) is 0 Å². The number of hydrogen-bond acceptors (Lipinski definition) is 6. The lowest BCUT2D eigenvalue weighted by molar-refractivity contribution is -0.196. The Bertz CT molecular complexity index is 966. The molecule has 0 saturated heterocycles. The molecule has 1 aromatic carbocycles. The predicted octanol–water partition coefficient (Wildman–Crippen LogP) is 3.46. The fourth-order valence-corrected chi connectivity index (χ4v) is 6.11. The maximum atomic E-state index is 12.9. The summed E-state index contributed by atoms with van der Waals surface area (Å²) in [7, 11) is 0. The zero-order valence-corrected chi connectivity index (χ0v) is 17.0. The van der Waals surface area contributed by atoms with Gasteiger partial charge in [0.25, 0.3) is 5.91 Å². The Labute approximate surface area is 174 Å². The van der Waals surface area contributed by atoms with Crippen molar-refractivity contribution in [2.75, 3.05) is 11.9 Å². The van der Waals surface area contributed by atoms with Crippen molar-refractivity contribution in [3.63, 3.8) is 0 Å². The molecule has 4 aliphatic rings. The molecule has 158 valence electrons. The summed E-state index contributed by atoms with van der Waals surface area (Å²) in [6.45, 7) is 1.62. The van der Waals surface area contributed by atoms with Crippen LogP contribution in [0.3, 0.4) is 0 Å². The molecule has 30 heavy (non-hydrogen) atoms. The molecule has 0 aliphatic heterocycles. The third kappa shape index (κ3) is 3.51. The van der Waals surface area contributed by atoms with Crippen LogP contribution in [0.2, 0.25) is 0 Å². The molecule has 7 nitrogen and oxygen atoms in total. The number of carbonyl (C=O) groups excluding carboxylic acids is 2. The summed E-state index contributed by atoms with van der Waals surface area (Å²) >= 11 is 0. The first kappa shape index (κ1) is 19.3. The van der Waals surface area contributed by atoms with Crippen LogP contribution in [0, 0.1) is 24.2 Å². The molecule has 2 unspecified atom stereocenters. The first-order valence-corrected chi connectivity index (χ1v) is 10.6. The number of anilines is 1. The number of carbonyl (C=O) groups is 2. The Balaban J connectivity index is 1.18. The molecule has 1 aromatic heterocycles. The van der Waals surface area contributed by atoms with Crippen molar-refractivity contribution in [2.24, 2.45) is 17.3 Å². The molecule has 6 rings (SSSR count). The lowest BCUT2D eigenvalue weighted by Gasteiger charge is -2.58. The number of benzene rings is 1. The monoisotopic (exact) mass is 410 g/mol. The smallest absolute Gasteiger partial charge is 0.312 e. The summed E-state index contributed by atoms with van der Waals surface area (Å²) in [5.74, 6) is 0.135. The van der Waals surface area contributed by atoms with Crippen LogP contribution >= 0.6 is 0 Å². The number of nitrogens with one attached hydrogen (secondary N) is 1. The maximum absolute atomic E-state index is 12.9. The number of aliphatic hydroxyl groups is 1. The van der Waals surface area contributed by atoms with Crippen molar-refractivity contribution in [3.8, 4) is 11.3 Å². The maximum Gasteiger partial charge on any atom is 0.312 e. The summed E-state index contributed by atoms with van der Waals surface area (Å²) in [5.41, 5.74) is 1.27. The van der Waals surface area contributed by atoms with Crippen LogP contribution in [-0.4, -0.2) is 34.3 Å². The van der Waals surface area contributed by atoms with E-state index in [0.717, 1.165) is 43.2 Å². The van der Waals surface area contributed by atoms with E-state index >= 15 is 0 Å². The number of hydrogen-bond donors (Lipinski definition) is 2. The van der Waals surface area contributed by atoms with Crippen LogP contribution in [0.4, 0.5) is 5.88 Å². The molecule has 1 heterocycles. The largest absolute Gasteiger partial charge is 0.455 e. The normalized spacial score (nSPS) is 31.5. The van der Waals surface area contributed by atoms with Crippen LogP contribution in [-0.2, 0) is 14.3 Å². The first-order valence-electron chi connectivity index (χ1n) is 10.6. The predicted molar refractivity (Wildman–Crippen MR) is 108 cm³/mol. The average Bonchev–Trinajstić information content (AvgIpc) is 3.13. The molecule has 2 N–H and O–H groups in total. The highest BCUT2D eigenvalue weighted by molar-refractivity contribution is 5.92. The van der Waals surface area contributed by atoms with Gasteiger partial charge in [-0.2, -0.15) is 0 Å². The molecule has 4 aliphatic carbocycles. The average molecular weight is 410 g/mol. The van der Waals surface area contributed by atoms with Gasteiger partial charge in [0.05, 0.1) is 11.0 Å². The van der Waals surface area contributed by atoms with Gasteiger partial charge in [0, 0.05) is 11.6 Å². The number of ether oxygens (including phenoxy) is 1. The van der Waals surface area contributed by atoms with Crippen LogP contribution < -0.4 is 5.32 Å². The van der Waals surface area contributed by atoms with Crippen LogP contribution in [0.15, 0.2) is 34.9 Å². The molecule has 4 saturated carbocycles. The van der Waals surface area contributed by atoms with Gasteiger partial charge in [-0.1, -0.05) is 35.0 Å². The van der Waals surface area contributed by atoms with Gasteiger partial charge in [-0.3, -0.25) is 14.9 Å². The van der Waals surface area contributed by atoms with E-state index in [1.165, 1.54) is 0 Å². The van der Waals surface area contributed by atoms with Crippen molar-refractivity contribution in [1.29, 1.82) is 0 Å². The highest BCUT2D eigenvalue weighted by Crippen LogP contribution is 2.61. The lowest BCUT2D eigenvalue weighted by Crippen LogP contribution is -2.58. The molecular formula is C23H26N2O5. The van der Waals surface area contributed by atoms with E-state index in [2.05, 4.69) is 10.5 Å². The van der Waals surface area contributed by atoms with Gasteiger partial charge in [-0.25, -0.2) is 0 Å². The minimum atomic E-state index is -0.739. The summed E-state index contributed by atoms with van der Waals surface area (Å²) in [6.07, 6.45) is 4.63. The number of rotatable bonds is 5. The molecule has 4 fully saturated rings. The summed E-state index contributed by atoms with van der Waals surface area (Å²) in [5, 5.41) is 17.4. The molecular weight excluding hydrogens is 384 g/mol. The van der Waals surface area contributed by atoms with E-state index in [4.69, 9.17) is 9.26 Å².